The van der Waals surface area contributed by atoms with E-state index in [9.17, 15) is 19.0 Å². The van der Waals surface area contributed by atoms with Gasteiger partial charge in [-0.25, -0.2) is 0 Å². The van der Waals surface area contributed by atoms with Gasteiger partial charge in [-0.1, -0.05) is 263 Å². The molecule has 0 radical (unpaired) electrons. The molecule has 0 aromatic heterocycles. The minimum atomic E-state index is -4.69. The average Bonchev–Trinajstić information content (AvgIpc) is 3.35. The van der Waals surface area contributed by atoms with Crippen molar-refractivity contribution in [2.75, 3.05) is 40.9 Å². The van der Waals surface area contributed by atoms with Gasteiger partial charge in [0.05, 0.1) is 33.8 Å². The fourth-order valence-electron chi connectivity index (χ4n) is 9.20. The van der Waals surface area contributed by atoms with Gasteiger partial charge >= 0.3 is 5.97 Å². The molecule has 0 bridgehead atoms. The number of unbranched alkanes of at least 4 members (excludes halogenated alkanes) is 37. The number of rotatable bonds is 57. The van der Waals surface area contributed by atoms with Crippen LogP contribution in [0.4, 0.5) is 0 Å². The van der Waals surface area contributed by atoms with Crippen LogP contribution in [0.15, 0.2) is 36.5 Å². The van der Waals surface area contributed by atoms with Crippen molar-refractivity contribution < 1.29 is 37.3 Å². The molecule has 0 saturated heterocycles. The minimum Gasteiger partial charge on any atom is -0.756 e. The highest BCUT2D eigenvalue weighted by Gasteiger charge is 2.27. The van der Waals surface area contributed by atoms with Gasteiger partial charge in [0.2, 0.25) is 5.91 Å². The number of carbonyl (C=O) groups is 2. The first kappa shape index (κ1) is 71.2. The van der Waals surface area contributed by atoms with Crippen LogP contribution < -0.4 is 10.2 Å². The zero-order valence-corrected chi connectivity index (χ0v) is 50.0. The number of amides is 1. The van der Waals surface area contributed by atoms with Gasteiger partial charge in [0.15, 0.2) is 0 Å². The molecule has 0 aromatic carbocycles. The lowest BCUT2D eigenvalue weighted by Gasteiger charge is -2.30. The summed E-state index contributed by atoms with van der Waals surface area (Å²) >= 11 is 0. The number of hydrogen-bond donors (Lipinski definition) is 1. The monoisotopic (exact) mass is 1050 g/mol. The molecule has 0 aliphatic carbocycles. The number of hydrogen-bond acceptors (Lipinski definition) is 7. The molecule has 73 heavy (non-hydrogen) atoms. The maximum Gasteiger partial charge on any atom is 0.306 e. The van der Waals surface area contributed by atoms with Crippen molar-refractivity contribution in [1.82, 2.24) is 5.32 Å². The molecular formula is C63H121N2O7P. The quantitative estimate of drug-likeness (QED) is 0.0212. The summed E-state index contributed by atoms with van der Waals surface area (Å²) in [6.45, 7) is 6.84. The summed E-state index contributed by atoms with van der Waals surface area (Å²) in [7, 11) is 1.19. The van der Waals surface area contributed by atoms with Gasteiger partial charge in [-0.05, 0) is 63.9 Å². The first-order valence-corrected chi connectivity index (χ1v) is 32.8. The summed E-state index contributed by atoms with van der Waals surface area (Å²) in [4.78, 5) is 39.9. The van der Waals surface area contributed by atoms with Crippen LogP contribution in [0, 0.1) is 0 Å². The smallest absolute Gasteiger partial charge is 0.306 e. The second-order valence-corrected chi connectivity index (χ2v) is 24.0. The molecule has 0 heterocycles. The predicted molar refractivity (Wildman–Crippen MR) is 312 cm³/mol. The molecule has 0 aliphatic rings. The van der Waals surface area contributed by atoms with E-state index < -0.39 is 20.0 Å². The van der Waals surface area contributed by atoms with E-state index >= 15 is 0 Å². The van der Waals surface area contributed by atoms with Gasteiger partial charge in [0, 0.05) is 12.8 Å². The third kappa shape index (κ3) is 54.8. The van der Waals surface area contributed by atoms with Crippen molar-refractivity contribution in [2.24, 2.45) is 0 Å². The van der Waals surface area contributed by atoms with E-state index in [1.165, 1.54) is 193 Å². The molecular weight excluding hydrogens is 928 g/mol. The third-order valence-electron chi connectivity index (χ3n) is 14.1. The highest BCUT2D eigenvalue weighted by atomic mass is 31.2. The first-order chi connectivity index (χ1) is 35.4. The molecule has 0 aromatic rings. The summed E-state index contributed by atoms with van der Waals surface area (Å²) in [6, 6.07) is -0.888. The lowest BCUT2D eigenvalue weighted by Crippen LogP contribution is -2.47. The van der Waals surface area contributed by atoms with E-state index in [1.807, 2.05) is 33.3 Å². The number of phosphoric ester groups is 1. The minimum absolute atomic E-state index is 0.0219. The summed E-state index contributed by atoms with van der Waals surface area (Å²) in [5.41, 5.74) is 0. The van der Waals surface area contributed by atoms with Crippen molar-refractivity contribution in [2.45, 2.75) is 315 Å². The van der Waals surface area contributed by atoms with E-state index in [0.717, 1.165) is 77.0 Å². The second kappa shape index (κ2) is 53.6. The Labute approximate surface area is 453 Å². The van der Waals surface area contributed by atoms with E-state index in [-0.39, 0.29) is 31.5 Å². The van der Waals surface area contributed by atoms with Crippen LogP contribution in [0.3, 0.4) is 0 Å². The van der Waals surface area contributed by atoms with E-state index in [4.69, 9.17) is 13.8 Å². The maximum atomic E-state index is 13.5. The van der Waals surface area contributed by atoms with Crippen LogP contribution >= 0.6 is 7.82 Å². The first-order valence-electron chi connectivity index (χ1n) is 31.3. The molecule has 10 heteroatoms. The number of likely N-dealkylation sites (N-methyl/N-ethyl adjacent to an activating group) is 1. The topological polar surface area (TPSA) is 114 Å². The van der Waals surface area contributed by atoms with Crippen molar-refractivity contribution in [3.05, 3.63) is 36.5 Å². The number of allylic oxidation sites excluding steroid dienone is 5. The highest BCUT2D eigenvalue weighted by Crippen LogP contribution is 2.38. The Hall–Kier alpha value is -1.77. The van der Waals surface area contributed by atoms with Crippen LogP contribution in [0.5, 0.6) is 0 Å². The van der Waals surface area contributed by atoms with Gasteiger partial charge in [-0.3, -0.25) is 14.2 Å². The SMILES string of the molecule is CCCCC/C=C\C/C=C\CCCCCCCCCC(=O)NC(COP(=O)([O-])OCC[N+](C)(C)C)C(/C=C/CCCCCCCCCCC)OC(=O)CCCCCCCCCCCCCCCCCCCCC. The van der Waals surface area contributed by atoms with Gasteiger partial charge in [0.25, 0.3) is 7.82 Å². The van der Waals surface area contributed by atoms with Crippen molar-refractivity contribution in [3.8, 4) is 0 Å². The van der Waals surface area contributed by atoms with E-state index in [1.54, 1.807) is 0 Å². The van der Waals surface area contributed by atoms with E-state index in [2.05, 4.69) is 50.4 Å². The molecule has 1 N–H and O–H groups in total. The summed E-state index contributed by atoms with van der Waals surface area (Å²) < 4.78 is 30.3. The Morgan fingerprint density at radius 1 is 0.479 bits per heavy atom. The summed E-state index contributed by atoms with van der Waals surface area (Å²) in [5, 5.41) is 3.03. The van der Waals surface area contributed by atoms with Gasteiger partial charge < -0.3 is 28.5 Å². The standard InChI is InChI=1S/C63H121N2O7P/c1-7-10-13-16-19-22-25-27-29-31-32-34-36-38-41-44-47-50-53-56-63(67)72-61(54-51-48-45-42-39-24-21-18-15-12-9-3)60(59-71-73(68,69)70-58-57-65(4,5)6)64-62(66)55-52-49-46-43-40-37-35-33-30-28-26-23-20-17-14-11-8-2/h20,23,28,30,51,54,60-61H,7-19,21-22,24-27,29,31-50,52-53,55-59H2,1-6H3,(H-,64,66,68,69)/b23-20-,30-28-,54-51+. The summed E-state index contributed by atoms with van der Waals surface area (Å²) in [6.07, 6.45) is 63.9. The Bertz CT molecular complexity index is 1350. The Morgan fingerprint density at radius 2 is 0.836 bits per heavy atom. The normalized spacial score (nSPS) is 13.9. The van der Waals surface area contributed by atoms with Gasteiger partial charge in [-0.15, -0.1) is 0 Å². The van der Waals surface area contributed by atoms with Crippen molar-refractivity contribution in [3.63, 3.8) is 0 Å². The van der Waals surface area contributed by atoms with Crippen LogP contribution in [-0.2, 0) is 27.9 Å². The Kier molecular flexibility index (Phi) is 52.3. The highest BCUT2D eigenvalue weighted by molar-refractivity contribution is 7.45. The van der Waals surface area contributed by atoms with Gasteiger partial charge in [-0.2, -0.15) is 0 Å². The fraction of sp³-hybridized carbons (Fsp3) is 0.873. The van der Waals surface area contributed by atoms with Gasteiger partial charge in [0.1, 0.15) is 19.3 Å². The number of esters is 1. The zero-order chi connectivity index (χ0) is 53.6. The van der Waals surface area contributed by atoms with Crippen LogP contribution in [-0.4, -0.2) is 69.4 Å². The molecule has 3 unspecified atom stereocenters. The molecule has 1 amide bonds. The molecule has 9 nitrogen and oxygen atoms in total. The van der Waals surface area contributed by atoms with Crippen molar-refractivity contribution in [1.29, 1.82) is 0 Å². The number of phosphoric acid groups is 1. The van der Waals surface area contributed by atoms with Crippen LogP contribution in [0.1, 0.15) is 303 Å². The molecule has 3 atom stereocenters. The maximum absolute atomic E-state index is 13.5. The average molecular weight is 1050 g/mol. The predicted octanol–water partition coefficient (Wildman–Crippen LogP) is 18.5. The number of carbonyl (C=O) groups excluding carboxylic acids is 2. The largest absolute Gasteiger partial charge is 0.756 e. The van der Waals surface area contributed by atoms with Crippen molar-refractivity contribution >= 4 is 19.7 Å². The summed E-state index contributed by atoms with van der Waals surface area (Å²) in [5.74, 6) is -0.537. The Morgan fingerprint density at radius 3 is 1.26 bits per heavy atom. The molecule has 0 fully saturated rings. The third-order valence-corrected chi connectivity index (χ3v) is 15.0. The number of nitrogens with zero attached hydrogens (tertiary/aromatic N) is 1. The zero-order valence-electron chi connectivity index (χ0n) is 49.1. The molecule has 0 rings (SSSR count). The molecule has 430 valence electrons. The Balaban J connectivity index is 5.19. The number of quaternary nitrogens is 1. The lowest BCUT2D eigenvalue weighted by molar-refractivity contribution is -0.870. The molecule has 0 spiro atoms. The fourth-order valence-corrected chi connectivity index (χ4v) is 9.92. The van der Waals surface area contributed by atoms with Crippen LogP contribution in [0.2, 0.25) is 0 Å². The number of nitrogens with one attached hydrogen (secondary N) is 1. The van der Waals surface area contributed by atoms with Crippen LogP contribution in [0.25, 0.3) is 0 Å². The number of ether oxygens (including phenoxy) is 1. The molecule has 0 aliphatic heterocycles. The van der Waals surface area contributed by atoms with E-state index in [0.29, 0.717) is 17.4 Å². The lowest BCUT2D eigenvalue weighted by atomic mass is 10.0. The molecule has 0 saturated carbocycles. The second-order valence-electron chi connectivity index (χ2n) is 22.6.